The van der Waals surface area contributed by atoms with E-state index in [1.807, 2.05) is 38.1 Å². The fourth-order valence-corrected chi connectivity index (χ4v) is 3.07. The van der Waals surface area contributed by atoms with Crippen LogP contribution in [0.2, 0.25) is 0 Å². The molecule has 0 atom stereocenters. The van der Waals surface area contributed by atoms with Crippen molar-refractivity contribution in [3.63, 3.8) is 0 Å². The molecule has 0 radical (unpaired) electrons. The van der Waals surface area contributed by atoms with Gasteiger partial charge in [-0.15, -0.1) is 0 Å². The molecule has 1 saturated heterocycles. The van der Waals surface area contributed by atoms with Gasteiger partial charge in [0.15, 0.2) is 5.78 Å². The standard InChI is InChI=1S/C21H25N3O3/c1-15-3-4-16(2)18(13-15)19(25)6-8-21(26)23-20-7-5-17(14-22-20)24-9-11-27-12-10-24/h3-5,7,13-14H,6,8-12H2,1-2H3,(H,22,23,26). The lowest BCUT2D eigenvalue weighted by Gasteiger charge is -2.28. The third kappa shape index (κ3) is 5.14. The predicted octanol–water partition coefficient (Wildman–Crippen LogP) is 3.14. The number of anilines is 2. The molecule has 0 unspecified atom stereocenters. The van der Waals surface area contributed by atoms with Crippen LogP contribution in [0.1, 0.15) is 34.3 Å². The van der Waals surface area contributed by atoms with E-state index in [2.05, 4.69) is 15.2 Å². The second-order valence-electron chi connectivity index (χ2n) is 6.79. The fraction of sp³-hybridized carbons (Fsp3) is 0.381. The Hall–Kier alpha value is -2.73. The first-order chi connectivity index (χ1) is 13.0. The lowest BCUT2D eigenvalue weighted by atomic mass is 9.99. The molecule has 1 aromatic carbocycles. The Kier molecular flexibility index (Phi) is 6.19. The van der Waals surface area contributed by atoms with E-state index < -0.39 is 0 Å². The molecule has 142 valence electrons. The molecule has 27 heavy (non-hydrogen) atoms. The van der Waals surface area contributed by atoms with Crippen molar-refractivity contribution in [2.75, 3.05) is 36.5 Å². The number of nitrogens with zero attached hydrogens (tertiary/aromatic N) is 2. The van der Waals surface area contributed by atoms with Crippen molar-refractivity contribution >= 4 is 23.2 Å². The molecule has 1 aromatic heterocycles. The highest BCUT2D eigenvalue weighted by Gasteiger charge is 2.14. The summed E-state index contributed by atoms with van der Waals surface area (Å²) in [5, 5.41) is 2.76. The van der Waals surface area contributed by atoms with Gasteiger partial charge >= 0.3 is 0 Å². The number of rotatable bonds is 6. The van der Waals surface area contributed by atoms with Gasteiger partial charge in [0, 0.05) is 31.5 Å². The van der Waals surface area contributed by atoms with Gasteiger partial charge in [0.25, 0.3) is 0 Å². The molecule has 3 rings (SSSR count). The lowest BCUT2D eigenvalue weighted by molar-refractivity contribution is -0.116. The van der Waals surface area contributed by atoms with Crippen molar-refractivity contribution < 1.29 is 14.3 Å². The van der Waals surface area contributed by atoms with Crippen LogP contribution in [0.3, 0.4) is 0 Å². The van der Waals surface area contributed by atoms with Crippen molar-refractivity contribution in [2.45, 2.75) is 26.7 Å². The van der Waals surface area contributed by atoms with Crippen LogP contribution in [-0.2, 0) is 9.53 Å². The van der Waals surface area contributed by atoms with Gasteiger partial charge in [-0.05, 0) is 37.6 Å². The normalized spacial score (nSPS) is 14.1. The fourth-order valence-electron chi connectivity index (χ4n) is 3.07. The average molecular weight is 367 g/mol. The van der Waals surface area contributed by atoms with E-state index in [0.29, 0.717) is 24.6 Å². The summed E-state index contributed by atoms with van der Waals surface area (Å²) < 4.78 is 5.34. The quantitative estimate of drug-likeness (QED) is 0.794. The number of benzene rings is 1. The molecule has 1 fully saturated rings. The monoisotopic (exact) mass is 367 g/mol. The number of morpholine rings is 1. The molecule has 0 bridgehead atoms. The Balaban J connectivity index is 1.51. The van der Waals surface area contributed by atoms with Gasteiger partial charge in [-0.3, -0.25) is 9.59 Å². The van der Waals surface area contributed by atoms with Crippen molar-refractivity contribution in [1.29, 1.82) is 0 Å². The summed E-state index contributed by atoms with van der Waals surface area (Å²) in [6.45, 7) is 6.98. The zero-order valence-electron chi connectivity index (χ0n) is 15.8. The first-order valence-electron chi connectivity index (χ1n) is 9.22. The van der Waals surface area contributed by atoms with Gasteiger partial charge in [0.2, 0.25) is 5.91 Å². The SMILES string of the molecule is Cc1ccc(C)c(C(=O)CCC(=O)Nc2ccc(N3CCOCC3)cn2)c1. The Morgan fingerprint density at radius 3 is 2.59 bits per heavy atom. The summed E-state index contributed by atoms with van der Waals surface area (Å²) in [6, 6.07) is 9.51. The molecular formula is C21H25N3O3. The Morgan fingerprint density at radius 2 is 1.89 bits per heavy atom. The maximum Gasteiger partial charge on any atom is 0.225 e. The predicted molar refractivity (Wildman–Crippen MR) is 105 cm³/mol. The van der Waals surface area contributed by atoms with Crippen molar-refractivity contribution in [3.8, 4) is 0 Å². The molecule has 2 heterocycles. The van der Waals surface area contributed by atoms with E-state index in [1.165, 1.54) is 0 Å². The number of nitrogens with one attached hydrogen (secondary N) is 1. The van der Waals surface area contributed by atoms with E-state index in [9.17, 15) is 9.59 Å². The van der Waals surface area contributed by atoms with Gasteiger partial charge in [0.05, 0.1) is 25.1 Å². The number of pyridine rings is 1. The van der Waals surface area contributed by atoms with Crippen LogP contribution in [0.4, 0.5) is 11.5 Å². The minimum atomic E-state index is -0.208. The second-order valence-corrected chi connectivity index (χ2v) is 6.79. The molecule has 1 aliphatic rings. The molecular weight excluding hydrogens is 342 g/mol. The van der Waals surface area contributed by atoms with Crippen LogP contribution in [0.5, 0.6) is 0 Å². The maximum absolute atomic E-state index is 12.4. The number of hydrogen-bond donors (Lipinski definition) is 1. The number of aryl methyl sites for hydroxylation is 2. The first-order valence-corrected chi connectivity index (χ1v) is 9.22. The molecule has 0 spiro atoms. The first kappa shape index (κ1) is 19.0. The van der Waals surface area contributed by atoms with Crippen molar-refractivity contribution in [3.05, 3.63) is 53.2 Å². The van der Waals surface area contributed by atoms with E-state index in [1.54, 1.807) is 12.3 Å². The summed E-state index contributed by atoms with van der Waals surface area (Å²) in [5.41, 5.74) is 3.68. The summed E-state index contributed by atoms with van der Waals surface area (Å²) in [6.07, 6.45) is 2.07. The number of carbonyl (C=O) groups is 2. The number of ether oxygens (including phenoxy) is 1. The molecule has 0 aliphatic carbocycles. The maximum atomic E-state index is 12.4. The highest BCUT2D eigenvalue weighted by Crippen LogP contribution is 2.17. The number of carbonyl (C=O) groups excluding carboxylic acids is 2. The number of hydrogen-bond acceptors (Lipinski definition) is 5. The van der Waals surface area contributed by atoms with E-state index in [4.69, 9.17) is 4.74 Å². The topological polar surface area (TPSA) is 71.5 Å². The van der Waals surface area contributed by atoms with Crippen molar-refractivity contribution in [1.82, 2.24) is 4.98 Å². The molecule has 1 amide bonds. The summed E-state index contributed by atoms with van der Waals surface area (Å²) >= 11 is 0. The minimum absolute atomic E-state index is 0.0121. The van der Waals surface area contributed by atoms with Crippen molar-refractivity contribution in [2.24, 2.45) is 0 Å². The van der Waals surface area contributed by atoms with E-state index >= 15 is 0 Å². The smallest absolute Gasteiger partial charge is 0.225 e. The van der Waals surface area contributed by atoms with Crippen LogP contribution < -0.4 is 10.2 Å². The van der Waals surface area contributed by atoms with Gasteiger partial charge in [0.1, 0.15) is 5.82 Å². The lowest BCUT2D eigenvalue weighted by Crippen LogP contribution is -2.36. The molecule has 0 saturated carbocycles. The van der Waals surface area contributed by atoms with Gasteiger partial charge < -0.3 is 15.0 Å². The number of Topliss-reactive ketones (excluding diaryl/α,β-unsaturated/α-hetero) is 1. The highest BCUT2D eigenvalue weighted by molar-refractivity contribution is 6.00. The zero-order chi connectivity index (χ0) is 19.2. The largest absolute Gasteiger partial charge is 0.378 e. The number of ketones is 1. The summed E-state index contributed by atoms with van der Waals surface area (Å²) in [4.78, 5) is 31.0. The third-order valence-electron chi connectivity index (χ3n) is 4.66. The third-order valence-corrected chi connectivity index (χ3v) is 4.66. The molecule has 1 aliphatic heterocycles. The van der Waals surface area contributed by atoms with Gasteiger partial charge in [-0.1, -0.05) is 17.7 Å². The zero-order valence-corrected chi connectivity index (χ0v) is 15.8. The average Bonchev–Trinajstić information content (AvgIpc) is 2.69. The molecule has 6 heteroatoms. The molecule has 1 N–H and O–H groups in total. The number of amides is 1. The minimum Gasteiger partial charge on any atom is -0.378 e. The molecule has 6 nitrogen and oxygen atoms in total. The highest BCUT2D eigenvalue weighted by atomic mass is 16.5. The van der Waals surface area contributed by atoms with E-state index in [-0.39, 0.29) is 24.5 Å². The van der Waals surface area contributed by atoms with Crippen LogP contribution in [0.25, 0.3) is 0 Å². The van der Waals surface area contributed by atoms with Crippen LogP contribution in [0, 0.1) is 13.8 Å². The van der Waals surface area contributed by atoms with Crippen LogP contribution >= 0.6 is 0 Å². The van der Waals surface area contributed by atoms with Gasteiger partial charge in [-0.2, -0.15) is 0 Å². The van der Waals surface area contributed by atoms with Gasteiger partial charge in [-0.25, -0.2) is 4.98 Å². The summed E-state index contributed by atoms with van der Waals surface area (Å²) in [7, 11) is 0. The van der Waals surface area contributed by atoms with Crippen LogP contribution in [-0.4, -0.2) is 43.0 Å². The Bertz CT molecular complexity index is 812. The number of aromatic nitrogens is 1. The second kappa shape index (κ2) is 8.77. The molecule has 2 aromatic rings. The van der Waals surface area contributed by atoms with E-state index in [0.717, 1.165) is 29.9 Å². The Morgan fingerprint density at radius 1 is 1.11 bits per heavy atom. The Labute approximate surface area is 159 Å². The van der Waals surface area contributed by atoms with Crippen LogP contribution in [0.15, 0.2) is 36.5 Å². The summed E-state index contributed by atoms with van der Waals surface area (Å²) in [5.74, 6) is 0.276.